The number of likely N-dealkylation sites (tertiary alicyclic amines) is 1. The average molecular weight is 503 g/mol. The van der Waals surface area contributed by atoms with E-state index in [9.17, 15) is 4.79 Å². The third kappa shape index (κ3) is 5.20. The largest absolute Gasteiger partial charge is 0.444 e. The molecular formula is C25H38N6O5. The topological polar surface area (TPSA) is 113 Å². The van der Waals surface area contributed by atoms with Gasteiger partial charge in [-0.1, -0.05) is 0 Å². The Morgan fingerprint density at radius 2 is 2.00 bits per heavy atom. The zero-order chi connectivity index (χ0) is 25.7. The van der Waals surface area contributed by atoms with Gasteiger partial charge in [0.15, 0.2) is 17.7 Å². The van der Waals surface area contributed by atoms with E-state index in [1.807, 2.05) is 46.1 Å². The Morgan fingerprint density at radius 1 is 1.22 bits per heavy atom. The van der Waals surface area contributed by atoms with Crippen molar-refractivity contribution < 1.29 is 23.7 Å². The fraction of sp³-hybridized carbons (Fsp3) is 0.760. The van der Waals surface area contributed by atoms with Crippen LogP contribution in [-0.2, 0) is 18.9 Å². The van der Waals surface area contributed by atoms with Crippen LogP contribution in [0, 0.1) is 6.92 Å². The van der Waals surface area contributed by atoms with Crippen LogP contribution in [-0.4, -0.2) is 85.9 Å². The number of nitrogens with zero attached hydrogens (tertiary/aromatic N) is 5. The number of alkyl carbamates (subject to hydrolysis) is 1. The normalized spacial score (nSPS) is 30.1. The Bertz CT molecular complexity index is 1100. The predicted octanol–water partition coefficient (Wildman–Crippen LogP) is 2.93. The summed E-state index contributed by atoms with van der Waals surface area (Å²) in [6.07, 6.45) is 4.97. The lowest BCUT2D eigenvalue weighted by molar-refractivity contribution is -0.198. The molecule has 36 heavy (non-hydrogen) atoms. The van der Waals surface area contributed by atoms with Crippen molar-refractivity contribution in [1.29, 1.82) is 0 Å². The molecule has 1 N–H and O–H groups in total. The number of amides is 1. The van der Waals surface area contributed by atoms with E-state index in [2.05, 4.69) is 25.2 Å². The molecule has 3 aliphatic rings. The number of carbonyl (C=O) groups excluding carboxylic acids is 1. The highest BCUT2D eigenvalue weighted by molar-refractivity contribution is 5.72. The standard InChI is InChI=1S/C25H38N6O5/c1-15-18-21(28-13-27-15)31(14-29-18)22-20-19(34-25(5,6)35-20)17(33-22)12-30-11-7-8-16(30)9-10-26-23(32)36-24(2,3)4/h13-14,16-17,19-20,22H,7-12H2,1-6H3,(H,26,32)/t16-,17+,19+,20+,22+/m0/s1. The summed E-state index contributed by atoms with van der Waals surface area (Å²) >= 11 is 0. The first kappa shape index (κ1) is 25.3. The first-order valence-electron chi connectivity index (χ1n) is 12.9. The summed E-state index contributed by atoms with van der Waals surface area (Å²) in [4.78, 5) is 27.7. The molecule has 0 aliphatic carbocycles. The minimum Gasteiger partial charge on any atom is -0.444 e. The molecule has 5 atom stereocenters. The van der Waals surface area contributed by atoms with Crippen molar-refractivity contribution in [2.24, 2.45) is 0 Å². The van der Waals surface area contributed by atoms with Gasteiger partial charge in [-0.2, -0.15) is 0 Å². The van der Waals surface area contributed by atoms with Crippen LogP contribution < -0.4 is 5.32 Å². The molecule has 11 nitrogen and oxygen atoms in total. The van der Waals surface area contributed by atoms with Crippen LogP contribution in [0.25, 0.3) is 11.2 Å². The lowest BCUT2D eigenvalue weighted by Crippen LogP contribution is -2.43. The van der Waals surface area contributed by atoms with E-state index in [4.69, 9.17) is 18.9 Å². The van der Waals surface area contributed by atoms with Crippen LogP contribution in [0.15, 0.2) is 12.7 Å². The molecule has 198 valence electrons. The molecule has 3 saturated heterocycles. The molecule has 3 fully saturated rings. The van der Waals surface area contributed by atoms with Crippen LogP contribution >= 0.6 is 0 Å². The lowest BCUT2D eigenvalue weighted by Gasteiger charge is -2.30. The Labute approximate surface area is 211 Å². The Kier molecular flexibility index (Phi) is 6.69. The summed E-state index contributed by atoms with van der Waals surface area (Å²) in [7, 11) is 0. The average Bonchev–Trinajstić information content (AvgIpc) is 3.52. The quantitative estimate of drug-likeness (QED) is 0.637. The van der Waals surface area contributed by atoms with Crippen molar-refractivity contribution in [2.45, 2.75) is 103 Å². The van der Waals surface area contributed by atoms with Crippen LogP contribution in [0.4, 0.5) is 4.79 Å². The number of aromatic nitrogens is 4. The number of carbonyl (C=O) groups is 1. The van der Waals surface area contributed by atoms with Crippen LogP contribution in [0.3, 0.4) is 0 Å². The molecule has 0 unspecified atom stereocenters. The van der Waals surface area contributed by atoms with Crippen LogP contribution in [0.2, 0.25) is 0 Å². The highest BCUT2D eigenvalue weighted by Gasteiger charge is 2.56. The van der Waals surface area contributed by atoms with Gasteiger partial charge in [0.2, 0.25) is 0 Å². The summed E-state index contributed by atoms with van der Waals surface area (Å²) in [5.41, 5.74) is 1.82. The van der Waals surface area contributed by atoms with Crippen molar-refractivity contribution in [3.8, 4) is 0 Å². The zero-order valence-corrected chi connectivity index (χ0v) is 22.1. The minimum absolute atomic E-state index is 0.165. The van der Waals surface area contributed by atoms with Crippen molar-refractivity contribution in [3.05, 3.63) is 18.3 Å². The highest BCUT2D eigenvalue weighted by atomic mass is 16.8. The van der Waals surface area contributed by atoms with Crippen LogP contribution in [0.5, 0.6) is 0 Å². The second kappa shape index (κ2) is 9.51. The highest BCUT2D eigenvalue weighted by Crippen LogP contribution is 2.44. The first-order chi connectivity index (χ1) is 17.0. The van der Waals surface area contributed by atoms with Crippen molar-refractivity contribution >= 4 is 17.3 Å². The van der Waals surface area contributed by atoms with E-state index >= 15 is 0 Å². The molecular weight excluding hydrogens is 464 g/mol. The maximum absolute atomic E-state index is 12.0. The van der Waals surface area contributed by atoms with E-state index in [0.29, 0.717) is 12.6 Å². The molecule has 0 bridgehead atoms. The molecule has 0 spiro atoms. The van der Waals surface area contributed by atoms with E-state index < -0.39 is 17.6 Å². The number of ether oxygens (including phenoxy) is 4. The Morgan fingerprint density at radius 3 is 2.78 bits per heavy atom. The van der Waals surface area contributed by atoms with Gasteiger partial charge >= 0.3 is 6.09 Å². The molecule has 0 saturated carbocycles. The summed E-state index contributed by atoms with van der Waals surface area (Å²) in [6, 6.07) is 0.362. The molecule has 2 aromatic rings. The van der Waals surface area contributed by atoms with E-state index in [1.165, 1.54) is 0 Å². The summed E-state index contributed by atoms with van der Waals surface area (Å²) < 4.78 is 26.6. The molecule has 2 aromatic heterocycles. The van der Waals surface area contributed by atoms with Gasteiger partial charge in [-0.15, -0.1) is 0 Å². The van der Waals surface area contributed by atoms with Crippen molar-refractivity contribution in [3.63, 3.8) is 0 Å². The maximum Gasteiger partial charge on any atom is 0.407 e. The number of fused-ring (bicyclic) bond motifs is 2. The molecule has 1 amide bonds. The lowest BCUT2D eigenvalue weighted by atomic mass is 10.1. The molecule has 3 aliphatic heterocycles. The van der Waals surface area contributed by atoms with Gasteiger partial charge in [0.25, 0.3) is 0 Å². The second-order valence-corrected chi connectivity index (χ2v) is 11.4. The fourth-order valence-corrected chi connectivity index (χ4v) is 5.53. The second-order valence-electron chi connectivity index (χ2n) is 11.4. The Balaban J connectivity index is 1.26. The van der Waals surface area contributed by atoms with Gasteiger partial charge in [-0.3, -0.25) is 9.47 Å². The third-order valence-electron chi connectivity index (χ3n) is 7.00. The Hall–Kier alpha value is -2.34. The van der Waals surface area contributed by atoms with Gasteiger partial charge in [0, 0.05) is 19.1 Å². The smallest absolute Gasteiger partial charge is 0.407 e. The van der Waals surface area contributed by atoms with Gasteiger partial charge in [0.05, 0.1) is 12.0 Å². The third-order valence-corrected chi connectivity index (χ3v) is 7.00. The predicted molar refractivity (Wildman–Crippen MR) is 131 cm³/mol. The minimum atomic E-state index is -0.696. The fourth-order valence-electron chi connectivity index (χ4n) is 5.53. The van der Waals surface area contributed by atoms with Gasteiger partial charge in [-0.05, 0) is 67.3 Å². The van der Waals surface area contributed by atoms with Gasteiger partial charge in [-0.25, -0.2) is 19.7 Å². The summed E-state index contributed by atoms with van der Waals surface area (Å²) in [5.74, 6) is -0.696. The van der Waals surface area contributed by atoms with Gasteiger partial charge in [0.1, 0.15) is 35.8 Å². The molecule has 11 heteroatoms. The van der Waals surface area contributed by atoms with Gasteiger partial charge < -0.3 is 24.3 Å². The number of nitrogens with one attached hydrogen (secondary N) is 1. The molecule has 5 heterocycles. The SMILES string of the molecule is Cc1ncnc2c1ncn2[C@@H]1O[C@H](CN2CCC[C@H]2CCNC(=O)OC(C)(C)C)[C@H]2OC(C)(C)O[C@H]21. The number of imidazole rings is 1. The van der Waals surface area contributed by atoms with Crippen molar-refractivity contribution in [2.75, 3.05) is 19.6 Å². The van der Waals surface area contributed by atoms with E-state index in [1.54, 1.807) is 12.7 Å². The van der Waals surface area contributed by atoms with E-state index in [-0.39, 0.29) is 24.4 Å². The zero-order valence-electron chi connectivity index (χ0n) is 22.1. The number of aryl methyl sites for hydroxylation is 1. The number of hydrogen-bond acceptors (Lipinski definition) is 9. The molecule has 0 aromatic carbocycles. The van der Waals surface area contributed by atoms with Crippen molar-refractivity contribution in [1.82, 2.24) is 29.7 Å². The maximum atomic E-state index is 12.0. The summed E-state index contributed by atoms with van der Waals surface area (Å²) in [6.45, 7) is 13.7. The first-order valence-corrected chi connectivity index (χ1v) is 12.9. The summed E-state index contributed by atoms with van der Waals surface area (Å²) in [5, 5.41) is 2.89. The molecule has 5 rings (SSSR count). The monoisotopic (exact) mass is 502 g/mol. The number of hydrogen-bond donors (Lipinski definition) is 1. The van der Waals surface area contributed by atoms with E-state index in [0.717, 1.165) is 49.2 Å². The van der Waals surface area contributed by atoms with Crippen LogP contribution in [0.1, 0.15) is 65.8 Å². The number of rotatable bonds is 6. The molecule has 0 radical (unpaired) electrons.